The van der Waals surface area contributed by atoms with Gasteiger partial charge in [0.25, 0.3) is 5.91 Å². The summed E-state index contributed by atoms with van der Waals surface area (Å²) in [7, 11) is 0. The third kappa shape index (κ3) is 4.57. The van der Waals surface area contributed by atoms with Crippen molar-refractivity contribution in [3.05, 3.63) is 35.4 Å². The Hall–Kier alpha value is -1.35. The van der Waals surface area contributed by atoms with Crippen molar-refractivity contribution in [1.29, 1.82) is 0 Å². The highest BCUT2D eigenvalue weighted by molar-refractivity contribution is 5.94. The molecule has 1 fully saturated rings. The number of benzene rings is 1. The van der Waals surface area contributed by atoms with Gasteiger partial charge in [-0.05, 0) is 49.5 Å². The van der Waals surface area contributed by atoms with Crippen molar-refractivity contribution < 1.29 is 4.79 Å². The van der Waals surface area contributed by atoms with E-state index in [9.17, 15) is 4.79 Å². The fraction of sp³-hybridized carbons (Fsp3) is 0.632. The molecular formula is C19H30N2O. The summed E-state index contributed by atoms with van der Waals surface area (Å²) in [5, 5.41) is 3.22. The van der Waals surface area contributed by atoms with Gasteiger partial charge < -0.3 is 5.32 Å². The predicted octanol–water partition coefficient (Wildman–Crippen LogP) is 3.84. The van der Waals surface area contributed by atoms with Gasteiger partial charge in [0.05, 0.1) is 0 Å². The van der Waals surface area contributed by atoms with Crippen molar-refractivity contribution >= 4 is 5.91 Å². The zero-order valence-corrected chi connectivity index (χ0v) is 14.3. The summed E-state index contributed by atoms with van der Waals surface area (Å²) in [6, 6.07) is 8.43. The molecule has 22 heavy (non-hydrogen) atoms. The number of carbonyl (C=O) groups excluding carboxylic acids is 1. The van der Waals surface area contributed by atoms with E-state index < -0.39 is 0 Å². The van der Waals surface area contributed by atoms with Crippen LogP contribution in [0, 0.1) is 5.92 Å². The summed E-state index contributed by atoms with van der Waals surface area (Å²) >= 11 is 0. The van der Waals surface area contributed by atoms with E-state index in [4.69, 9.17) is 0 Å². The highest BCUT2D eigenvalue weighted by Gasteiger charge is 2.23. The first-order valence-corrected chi connectivity index (χ1v) is 8.76. The average Bonchev–Trinajstić information content (AvgIpc) is 2.55. The van der Waals surface area contributed by atoms with E-state index in [1.165, 1.54) is 24.8 Å². The van der Waals surface area contributed by atoms with Gasteiger partial charge in [0.1, 0.15) is 0 Å². The minimum Gasteiger partial charge on any atom is -0.349 e. The largest absolute Gasteiger partial charge is 0.349 e. The quantitative estimate of drug-likeness (QED) is 0.866. The molecule has 2 unspecified atom stereocenters. The molecule has 2 rings (SSSR count). The van der Waals surface area contributed by atoms with E-state index in [0.29, 0.717) is 12.0 Å². The minimum absolute atomic E-state index is 0.0770. The number of rotatable bonds is 6. The highest BCUT2D eigenvalue weighted by Crippen LogP contribution is 2.24. The third-order valence-corrected chi connectivity index (χ3v) is 4.94. The van der Waals surface area contributed by atoms with Gasteiger partial charge in [-0.1, -0.05) is 45.7 Å². The second kappa shape index (κ2) is 8.33. The molecule has 1 aromatic rings. The van der Waals surface area contributed by atoms with Crippen LogP contribution in [-0.2, 0) is 6.54 Å². The Labute approximate surface area is 135 Å². The molecule has 3 heteroatoms. The highest BCUT2D eigenvalue weighted by atomic mass is 16.1. The monoisotopic (exact) mass is 302 g/mol. The molecule has 0 aromatic heterocycles. The van der Waals surface area contributed by atoms with Gasteiger partial charge in [-0.2, -0.15) is 0 Å². The molecule has 0 saturated heterocycles. The Morgan fingerprint density at radius 1 is 1.14 bits per heavy atom. The molecule has 2 atom stereocenters. The summed E-state index contributed by atoms with van der Waals surface area (Å²) in [5.74, 6) is 0.674. The van der Waals surface area contributed by atoms with Crippen LogP contribution in [0.2, 0.25) is 0 Å². The summed E-state index contributed by atoms with van der Waals surface area (Å²) in [6.45, 7) is 9.66. The van der Waals surface area contributed by atoms with E-state index in [1.807, 2.05) is 12.1 Å². The van der Waals surface area contributed by atoms with Crippen LogP contribution < -0.4 is 5.32 Å². The average molecular weight is 302 g/mol. The summed E-state index contributed by atoms with van der Waals surface area (Å²) in [6.07, 6.45) is 4.88. The summed E-state index contributed by atoms with van der Waals surface area (Å²) in [4.78, 5) is 14.8. The van der Waals surface area contributed by atoms with Gasteiger partial charge >= 0.3 is 0 Å². The molecule has 1 N–H and O–H groups in total. The molecule has 0 heterocycles. The van der Waals surface area contributed by atoms with Crippen LogP contribution in [-0.4, -0.2) is 29.9 Å². The second-order valence-electron chi connectivity index (χ2n) is 6.50. The zero-order chi connectivity index (χ0) is 15.9. The Bertz CT molecular complexity index is 465. The lowest BCUT2D eigenvalue weighted by Gasteiger charge is -2.29. The molecule has 0 bridgehead atoms. The van der Waals surface area contributed by atoms with Gasteiger partial charge in [0.15, 0.2) is 0 Å². The number of nitrogens with one attached hydrogen (secondary N) is 1. The molecule has 3 nitrogen and oxygen atoms in total. The number of carbonyl (C=O) groups is 1. The minimum atomic E-state index is 0.0770. The normalized spacial score (nSPS) is 21.8. The Balaban J connectivity index is 1.93. The lowest BCUT2D eigenvalue weighted by atomic mass is 9.86. The van der Waals surface area contributed by atoms with Gasteiger partial charge in [-0.15, -0.1) is 0 Å². The van der Waals surface area contributed by atoms with Crippen molar-refractivity contribution in [2.45, 2.75) is 59.0 Å². The molecule has 0 spiro atoms. The number of hydrogen-bond acceptors (Lipinski definition) is 2. The zero-order valence-electron chi connectivity index (χ0n) is 14.3. The Morgan fingerprint density at radius 3 is 2.36 bits per heavy atom. The van der Waals surface area contributed by atoms with Gasteiger partial charge in [0.2, 0.25) is 0 Å². The first kappa shape index (κ1) is 17.0. The van der Waals surface area contributed by atoms with E-state index in [-0.39, 0.29) is 5.91 Å². The number of hydrogen-bond donors (Lipinski definition) is 1. The van der Waals surface area contributed by atoms with E-state index in [2.05, 4.69) is 43.1 Å². The SMILES string of the molecule is CCN(CC)Cc1ccc(C(=O)NC2CCCCC2C)cc1. The van der Waals surface area contributed by atoms with Crippen molar-refractivity contribution in [1.82, 2.24) is 10.2 Å². The van der Waals surface area contributed by atoms with Crippen molar-refractivity contribution in [2.24, 2.45) is 5.92 Å². The maximum absolute atomic E-state index is 12.4. The third-order valence-electron chi connectivity index (χ3n) is 4.94. The van der Waals surface area contributed by atoms with Crippen LogP contribution in [0.15, 0.2) is 24.3 Å². The molecule has 1 saturated carbocycles. The maximum atomic E-state index is 12.4. The lowest BCUT2D eigenvalue weighted by molar-refractivity contribution is 0.0910. The van der Waals surface area contributed by atoms with Crippen LogP contribution in [0.5, 0.6) is 0 Å². The van der Waals surface area contributed by atoms with E-state index in [1.54, 1.807) is 0 Å². The van der Waals surface area contributed by atoms with Crippen LogP contribution in [0.1, 0.15) is 62.4 Å². The number of nitrogens with zero attached hydrogens (tertiary/aromatic N) is 1. The van der Waals surface area contributed by atoms with Gasteiger partial charge in [0, 0.05) is 18.2 Å². The molecule has 1 aromatic carbocycles. The lowest BCUT2D eigenvalue weighted by Crippen LogP contribution is -2.41. The molecular weight excluding hydrogens is 272 g/mol. The second-order valence-corrected chi connectivity index (χ2v) is 6.50. The predicted molar refractivity (Wildman–Crippen MR) is 92.0 cm³/mol. The fourth-order valence-electron chi connectivity index (χ4n) is 3.25. The van der Waals surface area contributed by atoms with Gasteiger partial charge in [-0.25, -0.2) is 0 Å². The smallest absolute Gasteiger partial charge is 0.251 e. The molecule has 1 aliphatic carbocycles. The van der Waals surface area contributed by atoms with Crippen LogP contribution >= 0.6 is 0 Å². The first-order valence-electron chi connectivity index (χ1n) is 8.76. The maximum Gasteiger partial charge on any atom is 0.251 e. The molecule has 1 amide bonds. The fourth-order valence-corrected chi connectivity index (χ4v) is 3.25. The van der Waals surface area contributed by atoms with Crippen LogP contribution in [0.4, 0.5) is 0 Å². The van der Waals surface area contributed by atoms with Crippen LogP contribution in [0.25, 0.3) is 0 Å². The molecule has 1 aliphatic rings. The molecule has 0 radical (unpaired) electrons. The summed E-state index contributed by atoms with van der Waals surface area (Å²) in [5.41, 5.74) is 2.05. The van der Waals surface area contributed by atoms with Gasteiger partial charge in [-0.3, -0.25) is 9.69 Å². The molecule has 0 aliphatic heterocycles. The van der Waals surface area contributed by atoms with Crippen molar-refractivity contribution in [3.8, 4) is 0 Å². The first-order chi connectivity index (χ1) is 10.6. The van der Waals surface area contributed by atoms with Crippen LogP contribution in [0.3, 0.4) is 0 Å². The Morgan fingerprint density at radius 2 is 1.77 bits per heavy atom. The summed E-state index contributed by atoms with van der Waals surface area (Å²) < 4.78 is 0. The van der Waals surface area contributed by atoms with E-state index >= 15 is 0 Å². The number of amides is 1. The topological polar surface area (TPSA) is 32.3 Å². The van der Waals surface area contributed by atoms with Crippen molar-refractivity contribution in [2.75, 3.05) is 13.1 Å². The van der Waals surface area contributed by atoms with E-state index in [0.717, 1.165) is 31.6 Å². The van der Waals surface area contributed by atoms with Crippen molar-refractivity contribution in [3.63, 3.8) is 0 Å². The Kier molecular flexibility index (Phi) is 6.44. The molecule has 122 valence electrons. The standard InChI is InChI=1S/C19H30N2O/c1-4-21(5-2)14-16-10-12-17(13-11-16)19(22)20-18-9-7-6-8-15(18)3/h10-13,15,18H,4-9,14H2,1-3H3,(H,20,22).